The van der Waals surface area contributed by atoms with Gasteiger partial charge in [0.1, 0.15) is 11.8 Å². The van der Waals surface area contributed by atoms with Gasteiger partial charge in [-0.05, 0) is 31.0 Å². The summed E-state index contributed by atoms with van der Waals surface area (Å²) in [5.74, 6) is -0.870. The van der Waals surface area contributed by atoms with E-state index in [-0.39, 0.29) is 19.0 Å². The lowest BCUT2D eigenvalue weighted by molar-refractivity contribution is -0.146. The Balaban J connectivity index is 1.74. The van der Waals surface area contributed by atoms with Crippen LogP contribution in [-0.2, 0) is 20.7 Å². The molecule has 27 heavy (non-hydrogen) atoms. The molecule has 142 valence electrons. The Hall–Kier alpha value is -3.15. The normalized spacial score (nSPS) is 11.3. The Labute approximate surface area is 158 Å². The van der Waals surface area contributed by atoms with E-state index in [1.54, 1.807) is 36.4 Å². The molecule has 6 nitrogen and oxygen atoms in total. The average molecular weight is 369 g/mol. The van der Waals surface area contributed by atoms with E-state index >= 15 is 0 Å². The lowest BCUT2D eigenvalue weighted by Gasteiger charge is -2.13. The number of hydrogen-bond donors (Lipinski definition) is 1. The topological polar surface area (TPSA) is 81.7 Å². The van der Waals surface area contributed by atoms with Crippen molar-refractivity contribution < 1.29 is 23.9 Å². The Kier molecular flexibility index (Phi) is 7.55. The zero-order valence-electron chi connectivity index (χ0n) is 15.4. The monoisotopic (exact) mass is 369 g/mol. The van der Waals surface area contributed by atoms with E-state index < -0.39 is 17.9 Å². The molecule has 1 amide bonds. The molecule has 2 rings (SSSR count). The second kappa shape index (κ2) is 10.1. The first kappa shape index (κ1) is 20.2. The molecule has 0 aromatic heterocycles. The number of hydrogen-bond acceptors (Lipinski definition) is 5. The highest BCUT2D eigenvalue weighted by Crippen LogP contribution is 2.08. The average Bonchev–Trinajstić information content (AvgIpc) is 2.71. The molecule has 0 aliphatic rings. The van der Waals surface area contributed by atoms with Gasteiger partial charge in [-0.25, -0.2) is 4.79 Å². The molecule has 1 N–H and O–H groups in total. The van der Waals surface area contributed by atoms with Gasteiger partial charge in [0, 0.05) is 5.56 Å². The van der Waals surface area contributed by atoms with Crippen molar-refractivity contribution in [3.63, 3.8) is 0 Å². The van der Waals surface area contributed by atoms with E-state index in [0.29, 0.717) is 11.3 Å². The number of benzene rings is 2. The number of ketones is 1. The van der Waals surface area contributed by atoms with Crippen molar-refractivity contribution in [2.45, 2.75) is 26.3 Å². The molecule has 0 fully saturated rings. The van der Waals surface area contributed by atoms with Gasteiger partial charge in [0.2, 0.25) is 0 Å². The van der Waals surface area contributed by atoms with Crippen molar-refractivity contribution in [1.29, 1.82) is 0 Å². The summed E-state index contributed by atoms with van der Waals surface area (Å²) in [6.07, 6.45) is 0.884. The molecule has 0 radical (unpaired) electrons. The Bertz CT molecular complexity index is 771. The molecule has 0 spiro atoms. The minimum Gasteiger partial charge on any atom is -0.484 e. The number of ether oxygens (including phenoxy) is 2. The van der Waals surface area contributed by atoms with Gasteiger partial charge in [-0.1, -0.05) is 49.4 Å². The largest absolute Gasteiger partial charge is 0.484 e. The van der Waals surface area contributed by atoms with E-state index in [2.05, 4.69) is 5.32 Å². The Morgan fingerprint density at radius 1 is 0.963 bits per heavy atom. The van der Waals surface area contributed by atoms with Crippen LogP contribution in [0.3, 0.4) is 0 Å². The number of para-hydroxylation sites is 1. The van der Waals surface area contributed by atoms with Crippen LogP contribution in [-0.4, -0.2) is 36.9 Å². The summed E-state index contributed by atoms with van der Waals surface area (Å²) in [6.45, 7) is 2.93. The van der Waals surface area contributed by atoms with Gasteiger partial charge in [0.25, 0.3) is 5.91 Å². The third-order valence-corrected chi connectivity index (χ3v) is 3.87. The van der Waals surface area contributed by atoms with Crippen LogP contribution in [0.15, 0.2) is 54.6 Å². The highest BCUT2D eigenvalue weighted by Gasteiger charge is 2.19. The van der Waals surface area contributed by atoms with Crippen molar-refractivity contribution in [1.82, 2.24) is 5.32 Å². The van der Waals surface area contributed by atoms with Crippen LogP contribution in [0.2, 0.25) is 0 Å². The van der Waals surface area contributed by atoms with E-state index in [1.807, 2.05) is 25.1 Å². The fourth-order valence-electron chi connectivity index (χ4n) is 2.28. The zero-order chi connectivity index (χ0) is 19.6. The molecule has 0 bridgehead atoms. The summed E-state index contributed by atoms with van der Waals surface area (Å²) in [5, 5.41) is 2.48. The standard InChI is InChI=1S/C21H23NO5/c1-3-16-9-11-17(12-10-16)19(23)13-27-21(25)15(2)22-20(24)14-26-18-7-5-4-6-8-18/h4-12,15H,3,13-14H2,1-2H3,(H,22,24)/t15-/m0/s1. The maximum Gasteiger partial charge on any atom is 0.328 e. The second-order valence-electron chi connectivity index (χ2n) is 5.97. The zero-order valence-corrected chi connectivity index (χ0v) is 15.4. The molecular formula is C21H23NO5. The lowest BCUT2D eigenvalue weighted by atomic mass is 10.1. The van der Waals surface area contributed by atoms with Crippen LogP contribution in [0.5, 0.6) is 5.75 Å². The van der Waals surface area contributed by atoms with Gasteiger partial charge in [0.15, 0.2) is 19.0 Å². The van der Waals surface area contributed by atoms with E-state index in [4.69, 9.17) is 9.47 Å². The highest BCUT2D eigenvalue weighted by molar-refractivity contribution is 5.98. The molecule has 0 saturated carbocycles. The molecule has 2 aromatic rings. The number of amides is 1. The molecule has 0 heterocycles. The second-order valence-corrected chi connectivity index (χ2v) is 5.97. The van der Waals surface area contributed by atoms with Crippen LogP contribution in [0.1, 0.15) is 29.8 Å². The summed E-state index contributed by atoms with van der Waals surface area (Å²) in [4.78, 5) is 35.9. The summed E-state index contributed by atoms with van der Waals surface area (Å²) in [5.41, 5.74) is 1.60. The number of Topliss-reactive ketones (excluding diaryl/α,β-unsaturated/α-hetero) is 1. The Morgan fingerprint density at radius 2 is 1.63 bits per heavy atom. The summed E-state index contributed by atoms with van der Waals surface area (Å²) < 4.78 is 10.3. The number of esters is 1. The van der Waals surface area contributed by atoms with Gasteiger partial charge in [-0.15, -0.1) is 0 Å². The van der Waals surface area contributed by atoms with Crippen molar-refractivity contribution >= 4 is 17.7 Å². The number of carbonyl (C=O) groups excluding carboxylic acids is 3. The molecule has 6 heteroatoms. The fraction of sp³-hybridized carbons (Fsp3) is 0.286. The number of carbonyl (C=O) groups is 3. The third-order valence-electron chi connectivity index (χ3n) is 3.87. The summed E-state index contributed by atoms with van der Waals surface area (Å²) in [7, 11) is 0. The van der Waals surface area contributed by atoms with Gasteiger partial charge in [-0.2, -0.15) is 0 Å². The summed E-state index contributed by atoms with van der Waals surface area (Å²) >= 11 is 0. The first-order chi connectivity index (χ1) is 13.0. The highest BCUT2D eigenvalue weighted by atomic mass is 16.5. The summed E-state index contributed by atoms with van der Waals surface area (Å²) in [6, 6.07) is 15.1. The molecule has 0 unspecified atom stereocenters. The first-order valence-electron chi connectivity index (χ1n) is 8.75. The van der Waals surface area contributed by atoms with E-state index in [9.17, 15) is 14.4 Å². The molecule has 0 saturated heterocycles. The van der Waals surface area contributed by atoms with Gasteiger partial charge in [-0.3, -0.25) is 9.59 Å². The quantitative estimate of drug-likeness (QED) is 0.543. The van der Waals surface area contributed by atoms with Crippen molar-refractivity contribution in [2.75, 3.05) is 13.2 Å². The van der Waals surface area contributed by atoms with Crippen LogP contribution in [0, 0.1) is 0 Å². The molecule has 0 aliphatic heterocycles. The molecular weight excluding hydrogens is 346 g/mol. The predicted octanol–water partition coefficient (Wildman–Crippen LogP) is 2.56. The number of rotatable bonds is 9. The third kappa shape index (κ3) is 6.58. The van der Waals surface area contributed by atoms with Crippen LogP contribution in [0.4, 0.5) is 0 Å². The maximum absolute atomic E-state index is 12.1. The van der Waals surface area contributed by atoms with Crippen molar-refractivity contribution in [2.24, 2.45) is 0 Å². The van der Waals surface area contributed by atoms with Gasteiger partial charge in [0.05, 0.1) is 0 Å². The predicted molar refractivity (Wildman–Crippen MR) is 101 cm³/mol. The maximum atomic E-state index is 12.1. The van der Waals surface area contributed by atoms with Crippen LogP contribution >= 0.6 is 0 Å². The first-order valence-corrected chi connectivity index (χ1v) is 8.75. The SMILES string of the molecule is CCc1ccc(C(=O)COC(=O)[C@H](C)NC(=O)COc2ccccc2)cc1. The lowest BCUT2D eigenvalue weighted by Crippen LogP contribution is -2.42. The smallest absolute Gasteiger partial charge is 0.328 e. The van der Waals surface area contributed by atoms with Crippen LogP contribution < -0.4 is 10.1 Å². The van der Waals surface area contributed by atoms with Crippen molar-refractivity contribution in [3.8, 4) is 5.75 Å². The minimum atomic E-state index is -0.882. The van der Waals surface area contributed by atoms with E-state index in [0.717, 1.165) is 12.0 Å². The molecule has 2 aromatic carbocycles. The van der Waals surface area contributed by atoms with E-state index in [1.165, 1.54) is 6.92 Å². The Morgan fingerprint density at radius 3 is 2.26 bits per heavy atom. The molecule has 1 atom stereocenters. The number of aryl methyl sites for hydroxylation is 1. The minimum absolute atomic E-state index is 0.218. The number of nitrogens with one attached hydrogen (secondary N) is 1. The van der Waals surface area contributed by atoms with Gasteiger partial charge >= 0.3 is 5.97 Å². The van der Waals surface area contributed by atoms with Crippen molar-refractivity contribution in [3.05, 3.63) is 65.7 Å². The fourth-order valence-corrected chi connectivity index (χ4v) is 2.28. The molecule has 0 aliphatic carbocycles. The van der Waals surface area contributed by atoms with Crippen LogP contribution in [0.25, 0.3) is 0 Å². The van der Waals surface area contributed by atoms with Gasteiger partial charge < -0.3 is 14.8 Å².